The van der Waals surface area contributed by atoms with E-state index >= 15 is 0 Å². The molecule has 0 bridgehead atoms. The molecule has 0 radical (unpaired) electrons. The van der Waals surface area contributed by atoms with Crippen molar-refractivity contribution in [3.05, 3.63) is 88.5 Å². The second-order valence-electron chi connectivity index (χ2n) is 17.5. The monoisotopic (exact) mass is 782 g/mol. The van der Waals surface area contributed by atoms with E-state index in [2.05, 4.69) is 29.6 Å². The molecule has 304 valence electrons. The minimum atomic E-state index is -0.952. The summed E-state index contributed by atoms with van der Waals surface area (Å²) in [7, 11) is 0. The predicted octanol–water partition coefficient (Wildman–Crippen LogP) is 4.99. The summed E-state index contributed by atoms with van der Waals surface area (Å²) in [5, 5.41) is 12.9. The third-order valence-corrected chi connectivity index (χ3v) is 12.0. The molecule has 12 nitrogen and oxygen atoms in total. The Kier molecular flexibility index (Phi) is 11.2. The van der Waals surface area contributed by atoms with E-state index in [-0.39, 0.29) is 31.8 Å². The summed E-state index contributed by atoms with van der Waals surface area (Å²) >= 11 is 0. The maximum absolute atomic E-state index is 14.4. The summed E-state index contributed by atoms with van der Waals surface area (Å²) < 4.78 is 30.6. The Labute approximate surface area is 333 Å². The molecule has 3 heterocycles. The Morgan fingerprint density at radius 2 is 1.75 bits per heavy atom. The van der Waals surface area contributed by atoms with E-state index in [1.165, 1.54) is 0 Å². The molecule has 2 amide bonds. The summed E-state index contributed by atoms with van der Waals surface area (Å²) in [6, 6.07) is 14.0. The smallest absolute Gasteiger partial charge is 0.338 e. The Morgan fingerprint density at radius 3 is 2.46 bits per heavy atom. The van der Waals surface area contributed by atoms with Gasteiger partial charge in [-0.15, -0.1) is 0 Å². The first-order valence-corrected chi connectivity index (χ1v) is 20.6. The van der Waals surface area contributed by atoms with Crippen LogP contribution in [0, 0.1) is 5.92 Å². The van der Waals surface area contributed by atoms with Gasteiger partial charge in [0.1, 0.15) is 30.0 Å². The van der Waals surface area contributed by atoms with Gasteiger partial charge >= 0.3 is 11.9 Å². The molecule has 8 atom stereocenters. The molecule has 1 saturated carbocycles. The van der Waals surface area contributed by atoms with E-state index in [9.17, 15) is 24.3 Å². The van der Waals surface area contributed by atoms with Crippen LogP contribution in [0.15, 0.2) is 66.3 Å². The number of amides is 2. The fourth-order valence-electron chi connectivity index (χ4n) is 9.10. The first kappa shape index (κ1) is 39.5. The van der Waals surface area contributed by atoms with Gasteiger partial charge in [-0.2, -0.15) is 0 Å². The van der Waals surface area contributed by atoms with Crippen molar-refractivity contribution in [2.75, 3.05) is 13.2 Å². The van der Waals surface area contributed by atoms with Gasteiger partial charge in [0.05, 0.1) is 30.4 Å². The topological polar surface area (TPSA) is 153 Å². The van der Waals surface area contributed by atoms with Crippen LogP contribution in [0.3, 0.4) is 0 Å². The molecular weight excluding hydrogens is 728 g/mol. The van der Waals surface area contributed by atoms with Crippen molar-refractivity contribution in [1.29, 1.82) is 0 Å². The minimum absolute atomic E-state index is 0.0265. The first-order chi connectivity index (χ1) is 27.3. The van der Waals surface area contributed by atoms with Crippen molar-refractivity contribution in [2.45, 2.75) is 139 Å². The molecule has 8 rings (SSSR count). The zero-order valence-corrected chi connectivity index (χ0v) is 33.0. The van der Waals surface area contributed by atoms with Crippen LogP contribution >= 0.6 is 0 Å². The summed E-state index contributed by atoms with van der Waals surface area (Å²) in [5.41, 5.74) is 3.39. The maximum atomic E-state index is 14.4. The van der Waals surface area contributed by atoms with E-state index in [4.69, 9.17) is 23.7 Å². The SMILES string of the molecule is CC(C)(C)OC(=O)CCC(CO)NC(=O)C1CCCN1C(=O)C1=CC2OC3(Cc4ccccc4C3)OC2C(OC(=O)c2ccc(C=CC3CCC4OC4C3)cc2)C1. The van der Waals surface area contributed by atoms with Crippen molar-refractivity contribution in [3.8, 4) is 0 Å². The van der Waals surface area contributed by atoms with Crippen molar-refractivity contribution in [2.24, 2.45) is 5.92 Å². The number of nitrogens with zero attached hydrogens (tertiary/aromatic N) is 1. The van der Waals surface area contributed by atoms with Crippen LogP contribution in [0.25, 0.3) is 6.08 Å². The lowest BCUT2D eigenvalue weighted by Crippen LogP contribution is -2.51. The van der Waals surface area contributed by atoms with E-state index in [0.29, 0.717) is 61.5 Å². The number of epoxide rings is 1. The van der Waals surface area contributed by atoms with Gasteiger partial charge in [-0.3, -0.25) is 14.4 Å². The van der Waals surface area contributed by atoms with Crippen LogP contribution < -0.4 is 5.32 Å². The summed E-state index contributed by atoms with van der Waals surface area (Å²) in [4.78, 5) is 55.5. The van der Waals surface area contributed by atoms with Crippen LogP contribution in [-0.2, 0) is 50.9 Å². The molecule has 1 spiro atoms. The Balaban J connectivity index is 0.954. The molecule has 0 aromatic heterocycles. The molecule has 57 heavy (non-hydrogen) atoms. The highest BCUT2D eigenvalue weighted by molar-refractivity contribution is 5.98. The number of ether oxygens (including phenoxy) is 5. The highest BCUT2D eigenvalue weighted by Crippen LogP contribution is 2.45. The second kappa shape index (κ2) is 16.1. The molecule has 4 fully saturated rings. The summed E-state index contributed by atoms with van der Waals surface area (Å²) in [6.45, 7) is 5.33. The minimum Gasteiger partial charge on any atom is -0.460 e. The first-order valence-electron chi connectivity index (χ1n) is 20.6. The number of likely N-dealkylation sites (tertiary alicyclic amines) is 1. The normalized spacial score (nSPS) is 28.9. The number of rotatable bonds is 11. The van der Waals surface area contributed by atoms with Gasteiger partial charge < -0.3 is 39.0 Å². The number of fused-ring (bicyclic) bond motifs is 3. The number of allylic oxidation sites excluding steroid dienone is 1. The van der Waals surface area contributed by atoms with Crippen LogP contribution in [0.1, 0.15) is 99.2 Å². The molecule has 6 aliphatic rings. The van der Waals surface area contributed by atoms with Gasteiger partial charge in [-0.25, -0.2) is 4.79 Å². The molecule has 2 aromatic rings. The van der Waals surface area contributed by atoms with Crippen molar-refractivity contribution in [1.82, 2.24) is 10.2 Å². The van der Waals surface area contributed by atoms with Crippen LogP contribution in [0.4, 0.5) is 0 Å². The van der Waals surface area contributed by atoms with Gasteiger partial charge in [-0.1, -0.05) is 48.6 Å². The zero-order chi connectivity index (χ0) is 39.9. The molecular formula is C45H54N2O10. The Morgan fingerprint density at radius 1 is 1.00 bits per heavy atom. The van der Waals surface area contributed by atoms with Crippen molar-refractivity contribution in [3.63, 3.8) is 0 Å². The average Bonchev–Trinajstić information content (AvgIpc) is 3.46. The molecule has 8 unspecified atom stereocenters. The van der Waals surface area contributed by atoms with Crippen LogP contribution in [0.2, 0.25) is 0 Å². The molecule has 3 aliphatic carbocycles. The average molecular weight is 783 g/mol. The van der Waals surface area contributed by atoms with E-state index in [1.54, 1.807) is 43.9 Å². The van der Waals surface area contributed by atoms with Gasteiger partial charge in [-0.05, 0) is 100 Å². The number of aliphatic hydroxyl groups excluding tert-OH is 1. The van der Waals surface area contributed by atoms with Gasteiger partial charge in [0, 0.05) is 37.8 Å². The number of nitrogens with one attached hydrogen (secondary N) is 1. The fourth-order valence-corrected chi connectivity index (χ4v) is 9.10. The lowest BCUT2D eigenvalue weighted by Gasteiger charge is -2.33. The molecule has 3 saturated heterocycles. The number of carbonyl (C=O) groups excluding carboxylic acids is 4. The zero-order valence-electron chi connectivity index (χ0n) is 33.0. The number of hydrogen-bond acceptors (Lipinski definition) is 10. The van der Waals surface area contributed by atoms with E-state index in [1.807, 2.05) is 24.3 Å². The summed E-state index contributed by atoms with van der Waals surface area (Å²) in [5.74, 6) is -2.13. The predicted molar refractivity (Wildman–Crippen MR) is 209 cm³/mol. The summed E-state index contributed by atoms with van der Waals surface area (Å²) in [6.07, 6.45) is 10.6. The molecule has 2 aromatic carbocycles. The van der Waals surface area contributed by atoms with Gasteiger partial charge in [0.25, 0.3) is 0 Å². The number of esters is 2. The standard InChI is InChI=1S/C45H54N2O10/c1-44(2,3)56-39(49)19-17-33(26-48)46-41(50)34-9-6-20-47(34)42(51)32-22-37(40-38(23-32)55-45(57-40)24-30-7-4-5-8-31(30)25-45)54-43(52)29-15-12-27(13-16-29)10-11-28-14-18-35-36(21-28)53-35/h4-5,7-8,10-13,15-16,23,28,33-38,40,48H,6,9,14,17-22,24-26H2,1-3H3,(H,46,50). The third kappa shape index (κ3) is 9.04. The number of hydrogen-bond donors (Lipinski definition) is 2. The highest BCUT2D eigenvalue weighted by Gasteiger charge is 2.55. The lowest BCUT2D eigenvalue weighted by molar-refractivity contribution is -0.172. The van der Waals surface area contributed by atoms with Crippen molar-refractivity contribution < 1.29 is 48.0 Å². The molecule has 2 N–H and O–H groups in total. The number of aliphatic hydroxyl groups is 1. The number of benzene rings is 2. The maximum Gasteiger partial charge on any atom is 0.338 e. The quantitative estimate of drug-likeness (QED) is 0.236. The highest BCUT2D eigenvalue weighted by atomic mass is 16.8. The Bertz CT molecular complexity index is 1890. The Hall–Kier alpha value is -4.36. The molecule has 3 aliphatic heterocycles. The fraction of sp³-hybridized carbons (Fsp3) is 0.556. The van der Waals surface area contributed by atoms with Crippen molar-refractivity contribution >= 4 is 29.8 Å². The van der Waals surface area contributed by atoms with Gasteiger partial charge in [0.2, 0.25) is 11.8 Å². The van der Waals surface area contributed by atoms with Gasteiger partial charge in [0.15, 0.2) is 5.79 Å². The van der Waals surface area contributed by atoms with E-state index in [0.717, 1.165) is 36.0 Å². The largest absolute Gasteiger partial charge is 0.460 e. The van der Waals surface area contributed by atoms with E-state index < -0.39 is 59.6 Å². The third-order valence-electron chi connectivity index (χ3n) is 12.0. The second-order valence-corrected chi connectivity index (χ2v) is 17.5. The van der Waals surface area contributed by atoms with Crippen LogP contribution in [0.5, 0.6) is 0 Å². The number of carbonyl (C=O) groups is 4. The lowest BCUT2D eigenvalue weighted by atomic mass is 9.89. The van der Waals surface area contributed by atoms with Crippen LogP contribution in [-0.4, -0.2) is 101 Å². The molecule has 12 heteroatoms.